The summed E-state index contributed by atoms with van der Waals surface area (Å²) in [6, 6.07) is 7.85. The topological polar surface area (TPSA) is 17.1 Å². The highest BCUT2D eigenvalue weighted by Gasteiger charge is 1.99. The summed E-state index contributed by atoms with van der Waals surface area (Å²) in [5, 5.41) is 1.16. The van der Waals surface area contributed by atoms with E-state index in [0.717, 1.165) is 17.2 Å². The Kier molecular flexibility index (Phi) is 2.14. The molecule has 0 radical (unpaired) electrons. The van der Waals surface area contributed by atoms with E-state index in [9.17, 15) is 4.79 Å². The molecule has 1 heterocycles. The number of thiophene rings is 1. The quantitative estimate of drug-likeness (QED) is 0.581. The minimum atomic E-state index is 0.747. The lowest BCUT2D eigenvalue weighted by atomic mass is 10.2. The van der Waals surface area contributed by atoms with Crippen LogP contribution in [0, 0.1) is 2.88 Å². The standard InChI is InChI=1S/C9H5IOS/c10-9-4-7-3-6(5-11)1-2-8(7)12-9/h1-5H. The molecule has 0 unspecified atom stereocenters. The van der Waals surface area contributed by atoms with E-state index in [4.69, 9.17) is 0 Å². The van der Waals surface area contributed by atoms with Crippen molar-refractivity contribution in [3.05, 3.63) is 32.7 Å². The molecule has 0 aliphatic carbocycles. The maximum atomic E-state index is 10.5. The van der Waals surface area contributed by atoms with Crippen LogP contribution in [0.2, 0.25) is 0 Å². The van der Waals surface area contributed by atoms with Gasteiger partial charge in [-0.1, -0.05) is 6.07 Å². The molecule has 12 heavy (non-hydrogen) atoms. The van der Waals surface area contributed by atoms with Gasteiger partial charge < -0.3 is 0 Å². The van der Waals surface area contributed by atoms with Gasteiger partial charge in [-0.15, -0.1) is 11.3 Å². The first kappa shape index (κ1) is 8.19. The van der Waals surface area contributed by atoms with E-state index in [1.165, 1.54) is 7.58 Å². The van der Waals surface area contributed by atoms with E-state index < -0.39 is 0 Å². The zero-order chi connectivity index (χ0) is 8.55. The van der Waals surface area contributed by atoms with Crippen molar-refractivity contribution >= 4 is 50.3 Å². The Morgan fingerprint density at radius 3 is 2.92 bits per heavy atom. The summed E-state index contributed by atoms with van der Waals surface area (Å²) in [5.41, 5.74) is 0.747. The fraction of sp³-hybridized carbons (Fsp3) is 0. The van der Waals surface area contributed by atoms with Crippen molar-refractivity contribution in [1.29, 1.82) is 0 Å². The molecule has 0 saturated heterocycles. The molecule has 1 aromatic carbocycles. The number of hydrogen-bond donors (Lipinski definition) is 0. The van der Waals surface area contributed by atoms with E-state index >= 15 is 0 Å². The van der Waals surface area contributed by atoms with E-state index in [-0.39, 0.29) is 0 Å². The Balaban J connectivity index is 2.74. The van der Waals surface area contributed by atoms with Crippen LogP contribution in [0.4, 0.5) is 0 Å². The minimum absolute atomic E-state index is 0.747. The molecule has 0 fully saturated rings. The molecule has 1 nitrogen and oxygen atoms in total. The van der Waals surface area contributed by atoms with E-state index in [2.05, 4.69) is 28.7 Å². The normalized spacial score (nSPS) is 10.4. The predicted molar refractivity (Wildman–Crippen MR) is 59.9 cm³/mol. The van der Waals surface area contributed by atoms with Gasteiger partial charge in [0, 0.05) is 10.3 Å². The number of carbonyl (C=O) groups excluding carboxylic acids is 1. The van der Waals surface area contributed by atoms with Gasteiger partial charge in [0.2, 0.25) is 0 Å². The van der Waals surface area contributed by atoms with Crippen LogP contribution in [-0.4, -0.2) is 6.29 Å². The lowest BCUT2D eigenvalue weighted by Crippen LogP contribution is -1.75. The molecule has 0 aliphatic rings. The van der Waals surface area contributed by atoms with Crippen LogP contribution in [0.3, 0.4) is 0 Å². The van der Waals surface area contributed by atoms with Gasteiger partial charge in [-0.2, -0.15) is 0 Å². The van der Waals surface area contributed by atoms with Crippen LogP contribution in [0.15, 0.2) is 24.3 Å². The second-order valence-electron chi connectivity index (χ2n) is 2.47. The average Bonchev–Trinajstić information content (AvgIpc) is 2.43. The zero-order valence-electron chi connectivity index (χ0n) is 6.08. The van der Waals surface area contributed by atoms with E-state index in [1.54, 1.807) is 11.3 Å². The second kappa shape index (κ2) is 3.14. The van der Waals surface area contributed by atoms with Gasteiger partial charge in [0.15, 0.2) is 0 Å². The van der Waals surface area contributed by atoms with Crippen molar-refractivity contribution in [2.75, 3.05) is 0 Å². The van der Waals surface area contributed by atoms with Gasteiger partial charge in [-0.25, -0.2) is 0 Å². The van der Waals surface area contributed by atoms with Crippen molar-refractivity contribution in [2.45, 2.75) is 0 Å². The van der Waals surface area contributed by atoms with Gasteiger partial charge in [-0.3, -0.25) is 4.79 Å². The number of halogens is 1. The van der Waals surface area contributed by atoms with Gasteiger partial charge >= 0.3 is 0 Å². The number of benzene rings is 1. The van der Waals surface area contributed by atoms with Crippen molar-refractivity contribution in [2.24, 2.45) is 0 Å². The number of rotatable bonds is 1. The lowest BCUT2D eigenvalue weighted by molar-refractivity contribution is 0.112. The highest BCUT2D eigenvalue weighted by atomic mass is 127. The number of fused-ring (bicyclic) bond motifs is 1. The molecule has 0 atom stereocenters. The van der Waals surface area contributed by atoms with Crippen LogP contribution >= 0.6 is 33.9 Å². The molecule has 1 aromatic heterocycles. The van der Waals surface area contributed by atoms with E-state index in [0.29, 0.717) is 0 Å². The minimum Gasteiger partial charge on any atom is -0.298 e. The lowest BCUT2D eigenvalue weighted by Gasteiger charge is -1.89. The molecule has 0 aliphatic heterocycles. The zero-order valence-corrected chi connectivity index (χ0v) is 9.06. The predicted octanol–water partition coefficient (Wildman–Crippen LogP) is 3.32. The summed E-state index contributed by atoms with van der Waals surface area (Å²) in [6.07, 6.45) is 0.879. The molecule has 60 valence electrons. The third-order valence-electron chi connectivity index (χ3n) is 1.65. The van der Waals surface area contributed by atoms with Gasteiger partial charge in [-0.05, 0) is 46.2 Å². The molecule has 0 N–H and O–H groups in total. The first-order chi connectivity index (χ1) is 5.79. The van der Waals surface area contributed by atoms with Crippen molar-refractivity contribution in [3.8, 4) is 0 Å². The number of carbonyl (C=O) groups is 1. The fourth-order valence-corrected chi connectivity index (χ4v) is 2.92. The summed E-state index contributed by atoms with van der Waals surface area (Å²) < 4.78 is 2.50. The molecule has 2 aromatic rings. The first-order valence-corrected chi connectivity index (χ1v) is 5.33. The largest absolute Gasteiger partial charge is 0.298 e. The highest BCUT2D eigenvalue weighted by molar-refractivity contribution is 14.1. The first-order valence-electron chi connectivity index (χ1n) is 3.44. The summed E-state index contributed by atoms with van der Waals surface area (Å²) in [4.78, 5) is 10.5. The molecular weight excluding hydrogens is 283 g/mol. The number of aldehydes is 1. The van der Waals surface area contributed by atoms with Crippen LogP contribution in [0.25, 0.3) is 10.1 Å². The second-order valence-corrected chi connectivity index (χ2v) is 5.44. The van der Waals surface area contributed by atoms with Gasteiger partial charge in [0.25, 0.3) is 0 Å². The highest BCUT2D eigenvalue weighted by Crippen LogP contribution is 2.26. The molecule has 0 saturated carbocycles. The summed E-state index contributed by atoms with van der Waals surface area (Å²) in [7, 11) is 0. The molecular formula is C9H5IOS. The maximum absolute atomic E-state index is 10.5. The molecule has 2 rings (SSSR count). The third kappa shape index (κ3) is 1.38. The summed E-state index contributed by atoms with van der Waals surface area (Å²) in [6.45, 7) is 0. The van der Waals surface area contributed by atoms with Crippen LogP contribution in [-0.2, 0) is 0 Å². The molecule has 0 amide bonds. The average molecular weight is 288 g/mol. The molecule has 3 heteroatoms. The summed E-state index contributed by atoms with van der Waals surface area (Å²) >= 11 is 4.03. The number of hydrogen-bond acceptors (Lipinski definition) is 2. The Bertz CT molecular complexity index is 433. The Morgan fingerprint density at radius 1 is 1.33 bits per heavy atom. The van der Waals surface area contributed by atoms with Crippen LogP contribution in [0.1, 0.15) is 10.4 Å². The van der Waals surface area contributed by atoms with Crippen molar-refractivity contribution < 1.29 is 4.79 Å². The summed E-state index contributed by atoms with van der Waals surface area (Å²) in [5.74, 6) is 0. The Hall–Kier alpha value is -0.420. The van der Waals surface area contributed by atoms with Crippen LogP contribution in [0.5, 0.6) is 0 Å². The van der Waals surface area contributed by atoms with E-state index in [1.807, 2.05) is 18.2 Å². The Morgan fingerprint density at radius 2 is 2.17 bits per heavy atom. The molecule has 0 bridgehead atoms. The van der Waals surface area contributed by atoms with Gasteiger partial charge in [0.05, 0.1) is 2.88 Å². The maximum Gasteiger partial charge on any atom is 0.150 e. The van der Waals surface area contributed by atoms with Crippen molar-refractivity contribution in [1.82, 2.24) is 0 Å². The monoisotopic (exact) mass is 288 g/mol. The van der Waals surface area contributed by atoms with Crippen LogP contribution < -0.4 is 0 Å². The van der Waals surface area contributed by atoms with Crippen molar-refractivity contribution in [3.63, 3.8) is 0 Å². The van der Waals surface area contributed by atoms with Gasteiger partial charge in [0.1, 0.15) is 6.29 Å². The molecule has 0 spiro atoms. The third-order valence-corrected chi connectivity index (χ3v) is 3.52. The smallest absolute Gasteiger partial charge is 0.150 e. The Labute approximate surface area is 87.5 Å². The fourth-order valence-electron chi connectivity index (χ4n) is 1.10. The SMILES string of the molecule is O=Cc1ccc2sc(I)cc2c1.